The van der Waals surface area contributed by atoms with Crippen LogP contribution in [0.1, 0.15) is 33.3 Å². The maximum Gasteiger partial charge on any atom is 0.195 e. The van der Waals surface area contributed by atoms with Gasteiger partial charge in [0.15, 0.2) is 6.34 Å². The minimum absolute atomic E-state index is 0.385. The Morgan fingerprint density at radius 1 is 1.12 bits per heavy atom. The van der Waals surface area contributed by atoms with E-state index in [-0.39, 0.29) is 0 Å². The molecule has 0 amide bonds. The standard InChI is InChI=1S/C20H26N3O/c1-14(2)15(3)23(5)12-19(22-13-23)20(4,24)17-10-11-21-18-9-7-6-8-16(17)18/h6-15,24H,1-5H3/q+1. The second-order valence-corrected chi connectivity index (χ2v) is 7.41. The van der Waals surface area contributed by atoms with Crippen molar-refractivity contribution in [1.82, 2.24) is 4.98 Å². The van der Waals surface area contributed by atoms with Crippen molar-refractivity contribution >= 4 is 17.2 Å². The van der Waals surface area contributed by atoms with Crippen LogP contribution in [0, 0.1) is 5.92 Å². The summed E-state index contributed by atoms with van der Waals surface area (Å²) in [6, 6.07) is 10.2. The van der Waals surface area contributed by atoms with Gasteiger partial charge in [-0.1, -0.05) is 32.0 Å². The van der Waals surface area contributed by atoms with Gasteiger partial charge in [-0.15, -0.1) is 0 Å². The molecule has 3 atom stereocenters. The van der Waals surface area contributed by atoms with E-state index < -0.39 is 5.60 Å². The summed E-state index contributed by atoms with van der Waals surface area (Å²) in [6.45, 7) is 8.45. The molecular formula is C20H26N3O+. The normalized spacial score (nSPS) is 24.2. The summed E-state index contributed by atoms with van der Waals surface area (Å²) in [4.78, 5) is 8.97. The fourth-order valence-electron chi connectivity index (χ4n) is 3.29. The van der Waals surface area contributed by atoms with Crippen LogP contribution >= 0.6 is 0 Å². The van der Waals surface area contributed by atoms with Crippen molar-refractivity contribution < 1.29 is 9.59 Å². The van der Waals surface area contributed by atoms with Gasteiger partial charge in [0, 0.05) is 23.1 Å². The SMILES string of the molecule is CC(C)C(C)[N+]1(C)C=NC(C(C)(O)c2ccnc3ccccc23)=C1. The molecule has 1 aliphatic rings. The van der Waals surface area contributed by atoms with E-state index in [2.05, 4.69) is 44.0 Å². The molecule has 4 heteroatoms. The minimum Gasteiger partial charge on any atom is -0.379 e. The Hall–Kier alpha value is -2.04. The van der Waals surface area contributed by atoms with Gasteiger partial charge in [0.2, 0.25) is 0 Å². The van der Waals surface area contributed by atoms with E-state index in [1.54, 1.807) is 6.20 Å². The number of pyridine rings is 1. The predicted octanol–water partition coefficient (Wildman–Crippen LogP) is 3.82. The maximum atomic E-state index is 11.3. The lowest BCUT2D eigenvalue weighted by Gasteiger charge is -2.32. The van der Waals surface area contributed by atoms with Crippen LogP contribution in [0.4, 0.5) is 0 Å². The number of fused-ring (bicyclic) bond motifs is 1. The summed E-state index contributed by atoms with van der Waals surface area (Å²) < 4.78 is 0.603. The third kappa shape index (κ3) is 2.66. The lowest BCUT2D eigenvalue weighted by molar-refractivity contribution is -0.788. The van der Waals surface area contributed by atoms with E-state index >= 15 is 0 Å². The number of quaternary nitrogens is 1. The molecule has 2 aromatic rings. The van der Waals surface area contributed by atoms with Crippen molar-refractivity contribution in [3.8, 4) is 0 Å². The highest BCUT2D eigenvalue weighted by molar-refractivity contribution is 5.83. The molecule has 0 fully saturated rings. The zero-order valence-electron chi connectivity index (χ0n) is 15.1. The third-order valence-corrected chi connectivity index (χ3v) is 5.36. The van der Waals surface area contributed by atoms with E-state index in [0.717, 1.165) is 16.5 Å². The predicted molar refractivity (Wildman–Crippen MR) is 98.4 cm³/mol. The van der Waals surface area contributed by atoms with E-state index in [9.17, 15) is 5.11 Å². The second-order valence-electron chi connectivity index (χ2n) is 7.41. The summed E-state index contributed by atoms with van der Waals surface area (Å²) >= 11 is 0. The minimum atomic E-state index is -1.16. The van der Waals surface area contributed by atoms with Crippen LogP contribution in [-0.2, 0) is 5.60 Å². The molecular weight excluding hydrogens is 298 g/mol. The number of nitrogens with zero attached hydrogens (tertiary/aromatic N) is 3. The van der Waals surface area contributed by atoms with Crippen molar-refractivity contribution in [2.24, 2.45) is 10.9 Å². The van der Waals surface area contributed by atoms with Gasteiger partial charge < -0.3 is 5.11 Å². The number of para-hydroxylation sites is 1. The summed E-state index contributed by atoms with van der Waals surface area (Å²) in [6.07, 6.45) is 5.74. The maximum absolute atomic E-state index is 11.3. The van der Waals surface area contributed by atoms with Gasteiger partial charge in [0.1, 0.15) is 17.5 Å². The highest BCUT2D eigenvalue weighted by Crippen LogP contribution is 2.37. The van der Waals surface area contributed by atoms with Crippen LogP contribution in [0.25, 0.3) is 10.9 Å². The fourth-order valence-corrected chi connectivity index (χ4v) is 3.29. The molecule has 0 bridgehead atoms. The van der Waals surface area contributed by atoms with Crippen molar-refractivity contribution in [1.29, 1.82) is 0 Å². The number of aromatic nitrogens is 1. The van der Waals surface area contributed by atoms with Gasteiger partial charge >= 0.3 is 0 Å². The number of hydrogen-bond acceptors (Lipinski definition) is 3. The van der Waals surface area contributed by atoms with Crippen molar-refractivity contribution in [3.05, 3.63) is 54.0 Å². The number of rotatable bonds is 4. The Kier molecular flexibility index (Phi) is 4.06. The van der Waals surface area contributed by atoms with Crippen LogP contribution in [0.3, 0.4) is 0 Å². The van der Waals surface area contributed by atoms with Gasteiger partial charge in [-0.2, -0.15) is 4.99 Å². The van der Waals surface area contributed by atoms with E-state index in [1.807, 2.05) is 43.6 Å². The lowest BCUT2D eigenvalue weighted by Crippen LogP contribution is -2.46. The van der Waals surface area contributed by atoms with Crippen molar-refractivity contribution in [3.63, 3.8) is 0 Å². The molecule has 0 aliphatic carbocycles. The zero-order chi connectivity index (χ0) is 17.5. The van der Waals surface area contributed by atoms with Gasteiger partial charge in [-0.25, -0.2) is 0 Å². The molecule has 3 rings (SSSR count). The van der Waals surface area contributed by atoms with Crippen molar-refractivity contribution in [2.45, 2.75) is 39.3 Å². The molecule has 24 heavy (non-hydrogen) atoms. The average Bonchev–Trinajstić information content (AvgIpc) is 2.98. The lowest BCUT2D eigenvalue weighted by atomic mass is 9.90. The van der Waals surface area contributed by atoms with Gasteiger partial charge in [0.05, 0.1) is 18.6 Å². The Morgan fingerprint density at radius 3 is 2.54 bits per heavy atom. The van der Waals surface area contributed by atoms with Crippen LogP contribution < -0.4 is 0 Å². The molecule has 1 aromatic carbocycles. The average molecular weight is 324 g/mol. The highest BCUT2D eigenvalue weighted by Gasteiger charge is 2.40. The molecule has 0 saturated heterocycles. The Balaban J connectivity index is 2.07. The number of aliphatic hydroxyl groups is 1. The zero-order valence-corrected chi connectivity index (χ0v) is 15.1. The first-order valence-corrected chi connectivity index (χ1v) is 8.46. The molecule has 0 saturated carbocycles. The van der Waals surface area contributed by atoms with Crippen LogP contribution in [-0.4, -0.2) is 34.0 Å². The van der Waals surface area contributed by atoms with Crippen LogP contribution in [0.2, 0.25) is 0 Å². The first-order valence-electron chi connectivity index (χ1n) is 8.46. The summed E-state index contributed by atoms with van der Waals surface area (Å²) in [5.41, 5.74) is 1.24. The van der Waals surface area contributed by atoms with Crippen LogP contribution in [0.5, 0.6) is 0 Å². The van der Waals surface area contributed by atoms with E-state index in [0.29, 0.717) is 22.1 Å². The fraction of sp³-hybridized carbons (Fsp3) is 0.400. The summed E-state index contributed by atoms with van der Waals surface area (Å²) in [7, 11) is 2.13. The quantitative estimate of drug-likeness (QED) is 0.869. The molecule has 0 spiro atoms. The first kappa shape index (κ1) is 16.8. The smallest absolute Gasteiger partial charge is 0.195 e. The molecule has 126 valence electrons. The van der Waals surface area contributed by atoms with Gasteiger partial charge in [-0.3, -0.25) is 9.47 Å². The Bertz CT molecular complexity index is 817. The number of benzene rings is 1. The molecule has 4 nitrogen and oxygen atoms in total. The Morgan fingerprint density at radius 2 is 1.83 bits per heavy atom. The Labute approximate surface area is 143 Å². The molecule has 2 heterocycles. The molecule has 1 aliphatic heterocycles. The monoisotopic (exact) mass is 324 g/mol. The first-order chi connectivity index (χ1) is 11.3. The summed E-state index contributed by atoms with van der Waals surface area (Å²) in [5, 5.41) is 12.3. The van der Waals surface area contributed by atoms with Gasteiger partial charge in [0.25, 0.3) is 0 Å². The molecule has 3 unspecified atom stereocenters. The van der Waals surface area contributed by atoms with Gasteiger partial charge in [-0.05, 0) is 26.0 Å². The molecule has 1 N–H and O–H groups in total. The van der Waals surface area contributed by atoms with E-state index in [4.69, 9.17) is 0 Å². The van der Waals surface area contributed by atoms with Crippen molar-refractivity contribution in [2.75, 3.05) is 7.05 Å². The largest absolute Gasteiger partial charge is 0.379 e. The highest BCUT2D eigenvalue weighted by atomic mass is 16.3. The topological polar surface area (TPSA) is 45.5 Å². The summed E-state index contributed by atoms with van der Waals surface area (Å²) in [5.74, 6) is 0.517. The number of aliphatic imine (C=N–C) groups is 1. The van der Waals surface area contributed by atoms with Crippen LogP contribution in [0.15, 0.2) is 53.4 Å². The third-order valence-electron chi connectivity index (χ3n) is 5.36. The van der Waals surface area contributed by atoms with E-state index in [1.165, 1.54) is 0 Å². The number of hydrogen-bond donors (Lipinski definition) is 1. The molecule has 0 radical (unpaired) electrons. The second kappa shape index (κ2) is 5.80. The molecule has 1 aromatic heterocycles.